The Balaban J connectivity index is 1.68. The Kier molecular flexibility index (Phi) is 12.2. The zero-order valence-electron chi connectivity index (χ0n) is 23.3. The Morgan fingerprint density at radius 1 is 1.20 bits per heavy atom. The van der Waals surface area contributed by atoms with Gasteiger partial charge in [0.1, 0.15) is 11.4 Å². The SMILES string of the molecule is CCCC[C@H](SNC(=O)O[C@@H](c1ccccc1)C(C)(C)c1cccc(Cl)c1)C(=O)N[C@H](CO)C[C@@H]1CCNC1=O. The molecule has 40 heavy (non-hydrogen) atoms. The van der Waals surface area contributed by atoms with Crippen LogP contribution in [0.4, 0.5) is 4.79 Å². The third-order valence-electron chi connectivity index (χ3n) is 7.25. The summed E-state index contributed by atoms with van der Waals surface area (Å²) < 4.78 is 8.72. The number of aliphatic hydroxyl groups excluding tert-OH is 1. The molecule has 218 valence electrons. The molecule has 2 aromatic carbocycles. The zero-order chi connectivity index (χ0) is 29.1. The van der Waals surface area contributed by atoms with Gasteiger partial charge in [0.2, 0.25) is 11.8 Å². The van der Waals surface area contributed by atoms with Crippen LogP contribution in [0.5, 0.6) is 0 Å². The average Bonchev–Trinajstić information content (AvgIpc) is 3.35. The van der Waals surface area contributed by atoms with Crippen LogP contribution in [-0.2, 0) is 19.7 Å². The van der Waals surface area contributed by atoms with E-state index in [0.717, 1.165) is 35.9 Å². The highest BCUT2D eigenvalue weighted by atomic mass is 35.5. The Labute approximate surface area is 246 Å². The van der Waals surface area contributed by atoms with Crippen LogP contribution in [0.1, 0.15) is 70.1 Å². The maximum absolute atomic E-state index is 13.2. The van der Waals surface area contributed by atoms with Gasteiger partial charge in [0.25, 0.3) is 0 Å². The van der Waals surface area contributed by atoms with Crippen LogP contribution in [0, 0.1) is 5.92 Å². The summed E-state index contributed by atoms with van der Waals surface area (Å²) in [4.78, 5) is 38.2. The molecule has 0 aromatic heterocycles. The fraction of sp³-hybridized carbons (Fsp3) is 0.500. The number of nitrogens with one attached hydrogen (secondary N) is 3. The van der Waals surface area contributed by atoms with E-state index in [9.17, 15) is 19.5 Å². The summed E-state index contributed by atoms with van der Waals surface area (Å²) in [6.07, 6.45) is 1.95. The maximum Gasteiger partial charge on any atom is 0.417 e. The lowest BCUT2D eigenvalue weighted by atomic mass is 9.76. The standard InChI is InChI=1S/C30H40ClN3O5S/c1-4-5-14-25(28(37)33-24(19-35)17-21-15-16-32-27(21)36)40-34-29(38)39-26(20-10-7-6-8-11-20)30(2,3)22-12-9-13-23(31)18-22/h6-13,18,21,24-26,35H,4-5,14-17,19H2,1-3H3,(H,32,36)(H,33,37)(H,34,38)/t21-,24-,25-,26-/m0/s1. The first-order valence-corrected chi connectivity index (χ1v) is 15.0. The summed E-state index contributed by atoms with van der Waals surface area (Å²) in [6, 6.07) is 16.5. The van der Waals surface area contributed by atoms with Gasteiger partial charge in [-0.25, -0.2) is 4.79 Å². The Morgan fingerprint density at radius 3 is 2.58 bits per heavy atom. The van der Waals surface area contributed by atoms with Crippen LogP contribution < -0.4 is 15.4 Å². The fourth-order valence-electron chi connectivity index (χ4n) is 4.87. The summed E-state index contributed by atoms with van der Waals surface area (Å²) in [5, 5.41) is 15.5. The number of aliphatic hydroxyl groups is 1. The molecule has 1 saturated heterocycles. The molecule has 0 aliphatic carbocycles. The van der Waals surface area contributed by atoms with Gasteiger partial charge in [-0.05, 0) is 54.5 Å². The number of carbonyl (C=O) groups excluding carboxylic acids is 3. The molecule has 0 radical (unpaired) electrons. The molecule has 10 heteroatoms. The highest BCUT2D eigenvalue weighted by Crippen LogP contribution is 2.40. The number of amides is 3. The number of halogens is 1. The second-order valence-electron chi connectivity index (χ2n) is 10.7. The van der Waals surface area contributed by atoms with Crippen molar-refractivity contribution in [3.05, 3.63) is 70.7 Å². The lowest BCUT2D eigenvalue weighted by Gasteiger charge is -2.35. The normalized spacial score (nSPS) is 17.4. The van der Waals surface area contributed by atoms with Gasteiger partial charge in [0, 0.05) is 22.9 Å². The molecule has 3 rings (SSSR count). The van der Waals surface area contributed by atoms with E-state index in [2.05, 4.69) is 15.4 Å². The lowest BCUT2D eigenvalue weighted by Crippen LogP contribution is -2.44. The number of hydrogen-bond donors (Lipinski definition) is 4. The molecule has 1 fully saturated rings. The largest absolute Gasteiger partial charge is 0.440 e. The van der Waals surface area contributed by atoms with Crippen molar-refractivity contribution in [3.63, 3.8) is 0 Å². The fourth-order valence-corrected chi connectivity index (χ4v) is 5.81. The van der Waals surface area contributed by atoms with Crippen LogP contribution >= 0.6 is 23.5 Å². The number of unbranched alkanes of at least 4 members (excludes halogenated alkanes) is 1. The molecule has 1 heterocycles. The van der Waals surface area contributed by atoms with E-state index >= 15 is 0 Å². The van der Waals surface area contributed by atoms with Crippen LogP contribution in [0.3, 0.4) is 0 Å². The van der Waals surface area contributed by atoms with Crippen molar-refractivity contribution in [2.24, 2.45) is 5.92 Å². The van der Waals surface area contributed by atoms with Gasteiger partial charge in [0.15, 0.2) is 0 Å². The molecule has 8 nitrogen and oxygen atoms in total. The smallest absolute Gasteiger partial charge is 0.417 e. The van der Waals surface area contributed by atoms with Crippen LogP contribution in [-0.4, -0.2) is 47.5 Å². The van der Waals surface area contributed by atoms with Gasteiger partial charge < -0.3 is 20.5 Å². The molecule has 0 spiro atoms. The van der Waals surface area contributed by atoms with Crippen molar-refractivity contribution < 1.29 is 24.2 Å². The van der Waals surface area contributed by atoms with Gasteiger partial charge in [-0.1, -0.05) is 87.7 Å². The zero-order valence-corrected chi connectivity index (χ0v) is 24.9. The highest BCUT2D eigenvalue weighted by Gasteiger charge is 2.36. The molecule has 3 amide bonds. The monoisotopic (exact) mass is 589 g/mol. The predicted molar refractivity (Wildman–Crippen MR) is 159 cm³/mol. The van der Waals surface area contributed by atoms with Gasteiger partial charge in [0.05, 0.1) is 12.6 Å². The second kappa shape index (κ2) is 15.3. The number of ether oxygens (including phenoxy) is 1. The summed E-state index contributed by atoms with van der Waals surface area (Å²) >= 11 is 7.27. The number of benzene rings is 2. The molecule has 0 bridgehead atoms. The first-order chi connectivity index (χ1) is 19.1. The van der Waals surface area contributed by atoms with Gasteiger partial charge in [-0.3, -0.25) is 14.3 Å². The number of hydrogen-bond acceptors (Lipinski definition) is 6. The Bertz CT molecular complexity index is 1130. The van der Waals surface area contributed by atoms with Crippen molar-refractivity contribution in [2.45, 2.75) is 75.7 Å². The minimum absolute atomic E-state index is 0.0531. The molecule has 0 unspecified atom stereocenters. The predicted octanol–water partition coefficient (Wildman–Crippen LogP) is 5.30. The van der Waals surface area contributed by atoms with Crippen molar-refractivity contribution in [3.8, 4) is 0 Å². The van der Waals surface area contributed by atoms with Crippen molar-refractivity contribution in [1.29, 1.82) is 0 Å². The van der Waals surface area contributed by atoms with Crippen LogP contribution in [0.2, 0.25) is 5.02 Å². The lowest BCUT2D eigenvalue weighted by molar-refractivity contribution is -0.124. The van der Waals surface area contributed by atoms with Crippen molar-refractivity contribution >= 4 is 41.5 Å². The Hall–Kier alpha value is -2.75. The second-order valence-corrected chi connectivity index (χ2v) is 12.1. The summed E-state index contributed by atoms with van der Waals surface area (Å²) in [7, 11) is 0. The molecule has 4 N–H and O–H groups in total. The molecular formula is C30H40ClN3O5S. The quantitative estimate of drug-likeness (QED) is 0.222. The van der Waals surface area contributed by atoms with E-state index in [-0.39, 0.29) is 24.3 Å². The van der Waals surface area contributed by atoms with Crippen molar-refractivity contribution in [2.75, 3.05) is 13.2 Å². The molecule has 1 aliphatic heterocycles. The Morgan fingerprint density at radius 2 is 1.95 bits per heavy atom. The van der Waals surface area contributed by atoms with Crippen LogP contribution in [0.15, 0.2) is 54.6 Å². The van der Waals surface area contributed by atoms with Crippen LogP contribution in [0.25, 0.3) is 0 Å². The molecule has 0 saturated carbocycles. The number of carbonyl (C=O) groups is 3. The van der Waals surface area contributed by atoms with E-state index < -0.39 is 28.9 Å². The molecule has 1 aliphatic rings. The topological polar surface area (TPSA) is 117 Å². The molecule has 4 atom stereocenters. The molecular weight excluding hydrogens is 550 g/mol. The number of rotatable bonds is 14. The van der Waals surface area contributed by atoms with E-state index in [4.69, 9.17) is 16.3 Å². The third-order valence-corrected chi connectivity index (χ3v) is 8.50. The van der Waals surface area contributed by atoms with Gasteiger partial charge in [-0.15, -0.1) is 0 Å². The van der Waals surface area contributed by atoms with E-state index in [1.165, 1.54) is 0 Å². The summed E-state index contributed by atoms with van der Waals surface area (Å²) in [5.74, 6) is -0.581. The van der Waals surface area contributed by atoms with Gasteiger partial charge in [-0.2, -0.15) is 0 Å². The minimum atomic E-state index is -0.662. The van der Waals surface area contributed by atoms with E-state index in [1.54, 1.807) is 6.07 Å². The third kappa shape index (κ3) is 8.88. The van der Waals surface area contributed by atoms with Gasteiger partial charge >= 0.3 is 6.09 Å². The van der Waals surface area contributed by atoms with E-state index in [0.29, 0.717) is 30.8 Å². The summed E-state index contributed by atoms with van der Waals surface area (Å²) in [6.45, 7) is 6.35. The average molecular weight is 590 g/mol. The minimum Gasteiger partial charge on any atom is -0.440 e. The van der Waals surface area contributed by atoms with Crippen molar-refractivity contribution in [1.82, 2.24) is 15.4 Å². The first kappa shape index (κ1) is 31.8. The van der Waals surface area contributed by atoms with E-state index in [1.807, 2.05) is 69.3 Å². The molecule has 2 aromatic rings. The maximum atomic E-state index is 13.2. The highest BCUT2D eigenvalue weighted by molar-refractivity contribution is 7.99. The first-order valence-electron chi connectivity index (χ1n) is 13.8. The summed E-state index contributed by atoms with van der Waals surface area (Å²) in [5.41, 5.74) is 1.13.